The van der Waals surface area contributed by atoms with E-state index in [-0.39, 0.29) is 12.3 Å². The maximum absolute atomic E-state index is 12.8. The van der Waals surface area contributed by atoms with Crippen LogP contribution in [0.25, 0.3) is 21.8 Å². The number of nitrogens with zero attached hydrogens (tertiary/aromatic N) is 1. The molecule has 0 aliphatic rings. The van der Waals surface area contributed by atoms with Crippen molar-refractivity contribution in [2.45, 2.75) is 39.6 Å². The summed E-state index contributed by atoms with van der Waals surface area (Å²) in [7, 11) is 1.60. The summed E-state index contributed by atoms with van der Waals surface area (Å²) < 4.78 is 17.0. The molecule has 2 aromatic carbocycles. The van der Waals surface area contributed by atoms with E-state index in [0.29, 0.717) is 12.2 Å². The lowest BCUT2D eigenvalue weighted by atomic mass is 10.1. The molecular formula is C25H26N2O4. The van der Waals surface area contributed by atoms with E-state index in [1.165, 1.54) is 0 Å². The number of aromatic amines is 1. The minimum atomic E-state index is -0.614. The number of carbonyl (C=O) groups excluding carboxylic acids is 1. The average molecular weight is 418 g/mol. The van der Waals surface area contributed by atoms with E-state index in [2.05, 4.69) is 9.97 Å². The molecule has 0 radical (unpaired) electrons. The zero-order chi connectivity index (χ0) is 22.0. The average Bonchev–Trinajstić information content (AvgIpc) is 3.10. The summed E-state index contributed by atoms with van der Waals surface area (Å²) in [5, 5.41) is 1.83. The molecule has 2 aromatic heterocycles. The fourth-order valence-corrected chi connectivity index (χ4v) is 3.56. The molecule has 0 aliphatic carbocycles. The van der Waals surface area contributed by atoms with Gasteiger partial charge in [-0.25, -0.2) is 9.78 Å². The maximum Gasteiger partial charge on any atom is 0.357 e. The molecule has 0 atom stereocenters. The van der Waals surface area contributed by atoms with Gasteiger partial charge in [-0.1, -0.05) is 30.3 Å². The van der Waals surface area contributed by atoms with E-state index in [9.17, 15) is 4.79 Å². The van der Waals surface area contributed by atoms with Crippen molar-refractivity contribution in [1.29, 1.82) is 0 Å². The number of fused-ring (bicyclic) bond motifs is 3. The Morgan fingerprint density at radius 2 is 1.81 bits per heavy atom. The van der Waals surface area contributed by atoms with Crippen LogP contribution in [0.5, 0.6) is 5.75 Å². The zero-order valence-electron chi connectivity index (χ0n) is 18.2. The molecule has 0 unspecified atom stereocenters. The summed E-state index contributed by atoms with van der Waals surface area (Å²) in [5.74, 6) is 0.281. The number of H-pyrrole nitrogens is 1. The second-order valence-corrected chi connectivity index (χ2v) is 8.42. The number of rotatable bonds is 6. The molecular weight excluding hydrogens is 392 g/mol. The molecule has 1 N–H and O–H groups in total. The second-order valence-electron chi connectivity index (χ2n) is 8.42. The molecule has 4 aromatic rings. The first-order chi connectivity index (χ1) is 14.9. The van der Waals surface area contributed by atoms with Crippen LogP contribution in [-0.4, -0.2) is 28.6 Å². The van der Waals surface area contributed by atoms with Crippen LogP contribution in [0.15, 0.2) is 54.7 Å². The predicted molar refractivity (Wildman–Crippen MR) is 120 cm³/mol. The number of nitrogens with one attached hydrogen (secondary N) is 1. The van der Waals surface area contributed by atoms with Gasteiger partial charge in [-0.05, 0) is 44.5 Å². The minimum Gasteiger partial charge on any atom is -0.489 e. The molecule has 0 saturated heterocycles. The van der Waals surface area contributed by atoms with Gasteiger partial charge in [-0.3, -0.25) is 0 Å². The molecule has 0 spiro atoms. The van der Waals surface area contributed by atoms with Gasteiger partial charge in [0.15, 0.2) is 5.69 Å². The lowest BCUT2D eigenvalue weighted by Gasteiger charge is -2.20. The lowest BCUT2D eigenvalue weighted by molar-refractivity contribution is 0.00593. The Hall–Kier alpha value is -3.38. The lowest BCUT2D eigenvalue weighted by Crippen LogP contribution is -2.25. The summed E-state index contributed by atoms with van der Waals surface area (Å²) in [6.07, 6.45) is 1.66. The van der Waals surface area contributed by atoms with Gasteiger partial charge >= 0.3 is 5.97 Å². The Kier molecular flexibility index (Phi) is 5.65. The van der Waals surface area contributed by atoms with Crippen LogP contribution in [0.3, 0.4) is 0 Å². The quantitative estimate of drug-likeness (QED) is 0.425. The first kappa shape index (κ1) is 20.9. The first-order valence-corrected chi connectivity index (χ1v) is 10.2. The molecule has 6 heteroatoms. The van der Waals surface area contributed by atoms with Gasteiger partial charge in [0, 0.05) is 29.0 Å². The van der Waals surface area contributed by atoms with E-state index >= 15 is 0 Å². The summed E-state index contributed by atoms with van der Waals surface area (Å²) in [6.45, 7) is 6.22. The largest absolute Gasteiger partial charge is 0.489 e. The topological polar surface area (TPSA) is 73.4 Å². The van der Waals surface area contributed by atoms with Crippen molar-refractivity contribution in [3.63, 3.8) is 0 Å². The Labute approximate surface area is 181 Å². The monoisotopic (exact) mass is 418 g/mol. The Morgan fingerprint density at radius 1 is 1.03 bits per heavy atom. The second kappa shape index (κ2) is 8.40. The van der Waals surface area contributed by atoms with Crippen molar-refractivity contribution < 1.29 is 19.0 Å². The van der Waals surface area contributed by atoms with Crippen molar-refractivity contribution in [1.82, 2.24) is 9.97 Å². The van der Waals surface area contributed by atoms with Crippen LogP contribution in [0.1, 0.15) is 42.4 Å². The Balaban J connectivity index is 1.77. The number of carbonyl (C=O) groups is 1. The summed E-state index contributed by atoms with van der Waals surface area (Å²) in [5.41, 5.74) is 3.20. The molecule has 0 saturated carbocycles. The summed E-state index contributed by atoms with van der Waals surface area (Å²) in [6, 6.07) is 15.9. The number of pyridine rings is 1. The van der Waals surface area contributed by atoms with Gasteiger partial charge in [0.25, 0.3) is 0 Å². The highest BCUT2D eigenvalue weighted by atomic mass is 16.6. The molecule has 0 amide bonds. The summed E-state index contributed by atoms with van der Waals surface area (Å²) in [4.78, 5) is 20.6. The zero-order valence-corrected chi connectivity index (χ0v) is 18.2. The first-order valence-electron chi connectivity index (χ1n) is 10.2. The fourth-order valence-electron chi connectivity index (χ4n) is 3.56. The number of ether oxygens (including phenoxy) is 3. The Morgan fingerprint density at radius 3 is 2.52 bits per heavy atom. The van der Waals surface area contributed by atoms with E-state index in [1.807, 2.05) is 69.3 Å². The molecule has 4 rings (SSSR count). The molecule has 0 fully saturated rings. The molecule has 6 nitrogen and oxygen atoms in total. The number of methoxy groups -OCH3 is 1. The van der Waals surface area contributed by atoms with Gasteiger partial charge < -0.3 is 19.2 Å². The standard InChI is InChI=1S/C25H26N2O4/c1-25(2,3)31-24(28)23-19(15-29-4)22-18-12-17(30-14-16-8-6-5-7-9-16)10-11-20(18)27-21(22)13-26-23/h5-13,27H,14-15H2,1-4H3. The van der Waals surface area contributed by atoms with E-state index in [0.717, 1.165) is 33.1 Å². The van der Waals surface area contributed by atoms with Crippen LogP contribution in [0.4, 0.5) is 0 Å². The smallest absolute Gasteiger partial charge is 0.357 e. The molecule has 0 aliphatic heterocycles. The third-order valence-electron chi connectivity index (χ3n) is 4.84. The highest BCUT2D eigenvalue weighted by Gasteiger charge is 2.24. The highest BCUT2D eigenvalue weighted by molar-refractivity contribution is 6.11. The SMILES string of the molecule is COCc1c(C(=O)OC(C)(C)C)ncc2[nH]c3ccc(OCc4ccccc4)cc3c12. The van der Waals surface area contributed by atoms with Crippen molar-refractivity contribution in [3.05, 3.63) is 71.5 Å². The summed E-state index contributed by atoms with van der Waals surface area (Å²) >= 11 is 0. The number of esters is 1. The number of aromatic nitrogens is 2. The van der Waals surface area contributed by atoms with E-state index < -0.39 is 11.6 Å². The van der Waals surface area contributed by atoms with Gasteiger partial charge in [-0.15, -0.1) is 0 Å². The molecule has 2 heterocycles. The minimum absolute atomic E-state index is 0.237. The number of hydrogen-bond donors (Lipinski definition) is 1. The molecule has 31 heavy (non-hydrogen) atoms. The predicted octanol–water partition coefficient (Wildman–Crippen LogP) is 5.40. The third kappa shape index (κ3) is 4.54. The van der Waals surface area contributed by atoms with Gasteiger partial charge in [0.05, 0.1) is 18.3 Å². The maximum atomic E-state index is 12.8. The van der Waals surface area contributed by atoms with Crippen molar-refractivity contribution in [2.24, 2.45) is 0 Å². The normalized spacial score (nSPS) is 11.7. The molecule has 0 bridgehead atoms. The van der Waals surface area contributed by atoms with Gasteiger partial charge in [-0.2, -0.15) is 0 Å². The van der Waals surface area contributed by atoms with Crippen LogP contribution >= 0.6 is 0 Å². The fraction of sp³-hybridized carbons (Fsp3) is 0.280. The van der Waals surface area contributed by atoms with Crippen LogP contribution in [-0.2, 0) is 22.7 Å². The van der Waals surface area contributed by atoms with Crippen LogP contribution in [0.2, 0.25) is 0 Å². The van der Waals surface area contributed by atoms with Gasteiger partial charge in [0.2, 0.25) is 0 Å². The van der Waals surface area contributed by atoms with Crippen LogP contribution < -0.4 is 4.74 Å². The Bertz CT molecular complexity index is 1220. The van der Waals surface area contributed by atoms with Crippen molar-refractivity contribution >= 4 is 27.8 Å². The molecule has 160 valence electrons. The highest BCUT2D eigenvalue weighted by Crippen LogP contribution is 2.33. The number of benzene rings is 2. The van der Waals surface area contributed by atoms with E-state index in [4.69, 9.17) is 14.2 Å². The third-order valence-corrected chi connectivity index (χ3v) is 4.84. The van der Waals surface area contributed by atoms with E-state index in [1.54, 1.807) is 13.3 Å². The van der Waals surface area contributed by atoms with Crippen LogP contribution in [0, 0.1) is 0 Å². The van der Waals surface area contributed by atoms with Gasteiger partial charge in [0.1, 0.15) is 18.0 Å². The van der Waals surface area contributed by atoms with Crippen molar-refractivity contribution in [3.8, 4) is 5.75 Å². The number of hydrogen-bond acceptors (Lipinski definition) is 5. The van der Waals surface area contributed by atoms with Crippen molar-refractivity contribution in [2.75, 3.05) is 7.11 Å².